The highest BCUT2D eigenvalue weighted by molar-refractivity contribution is 7.99. The smallest absolute Gasteiger partial charge is 0.129 e. The molecule has 100 valence electrons. The Kier molecular flexibility index (Phi) is 5.29. The Morgan fingerprint density at radius 1 is 1.05 bits per heavy atom. The van der Waals surface area contributed by atoms with E-state index in [0.29, 0.717) is 0 Å². The Hall–Kier alpha value is -2.17. The van der Waals surface area contributed by atoms with Crippen LogP contribution in [0.1, 0.15) is 5.56 Å². The maximum atomic E-state index is 8.83. The predicted octanol–water partition coefficient (Wildman–Crippen LogP) is 3.05. The van der Waals surface area contributed by atoms with Gasteiger partial charge in [0, 0.05) is 30.3 Å². The van der Waals surface area contributed by atoms with Crippen LogP contribution in [-0.2, 0) is 0 Å². The van der Waals surface area contributed by atoms with Gasteiger partial charge in [-0.3, -0.25) is 0 Å². The van der Waals surface area contributed by atoms with E-state index in [1.165, 1.54) is 0 Å². The van der Waals surface area contributed by atoms with Gasteiger partial charge in [0.05, 0.1) is 0 Å². The summed E-state index contributed by atoms with van der Waals surface area (Å²) in [6.45, 7) is 1.99. The van der Waals surface area contributed by atoms with Gasteiger partial charge in [0.25, 0.3) is 0 Å². The number of allylic oxidation sites excluding steroid dienone is 3. The summed E-state index contributed by atoms with van der Waals surface area (Å²) in [6.07, 6.45) is 3.48. The lowest BCUT2D eigenvalue weighted by molar-refractivity contribution is 0.439. The molecule has 0 spiro atoms. The molecule has 1 aromatic rings. The van der Waals surface area contributed by atoms with E-state index in [1.54, 1.807) is 6.08 Å². The first-order valence-electron chi connectivity index (χ1n) is 6.45. The summed E-state index contributed by atoms with van der Waals surface area (Å²) in [4.78, 5) is 2.31. The van der Waals surface area contributed by atoms with Crippen molar-refractivity contribution in [2.45, 2.75) is 0 Å². The molecule has 0 N–H and O–H groups in total. The fraction of sp³-hybridized carbons (Fsp3) is 0.250. The second kappa shape index (κ2) is 7.43. The SMILES string of the molecule is N#CC(C#N)=CC=C(c1ccccc1)N1CCSCC1. The second-order valence-corrected chi connectivity index (χ2v) is 5.55. The molecular weight excluding hydrogens is 266 g/mol. The van der Waals surface area contributed by atoms with Crippen LogP contribution in [0.5, 0.6) is 0 Å². The van der Waals surface area contributed by atoms with Crippen molar-refractivity contribution in [1.29, 1.82) is 10.5 Å². The summed E-state index contributed by atoms with van der Waals surface area (Å²) in [5, 5.41) is 17.7. The van der Waals surface area contributed by atoms with Crippen molar-refractivity contribution in [2.24, 2.45) is 0 Å². The Bertz CT molecular complexity index is 568. The molecule has 20 heavy (non-hydrogen) atoms. The van der Waals surface area contributed by atoms with Crippen LogP contribution in [0.15, 0.2) is 48.1 Å². The van der Waals surface area contributed by atoms with Gasteiger partial charge in [-0.1, -0.05) is 30.3 Å². The van der Waals surface area contributed by atoms with E-state index in [1.807, 2.05) is 48.2 Å². The summed E-state index contributed by atoms with van der Waals surface area (Å²) in [7, 11) is 0. The van der Waals surface area contributed by atoms with E-state index >= 15 is 0 Å². The van der Waals surface area contributed by atoms with Crippen molar-refractivity contribution in [2.75, 3.05) is 24.6 Å². The van der Waals surface area contributed by atoms with Crippen LogP contribution in [0.25, 0.3) is 5.70 Å². The van der Waals surface area contributed by atoms with Crippen LogP contribution in [-0.4, -0.2) is 29.5 Å². The van der Waals surface area contributed by atoms with Gasteiger partial charge in [-0.05, 0) is 17.7 Å². The van der Waals surface area contributed by atoms with E-state index in [-0.39, 0.29) is 5.57 Å². The monoisotopic (exact) mass is 281 g/mol. The largest absolute Gasteiger partial charge is 0.369 e. The lowest BCUT2D eigenvalue weighted by atomic mass is 10.1. The summed E-state index contributed by atoms with van der Waals surface area (Å²) in [5.74, 6) is 2.22. The summed E-state index contributed by atoms with van der Waals surface area (Å²) in [6, 6.07) is 13.9. The first-order valence-corrected chi connectivity index (χ1v) is 7.61. The van der Waals surface area contributed by atoms with E-state index in [9.17, 15) is 0 Å². The lowest BCUT2D eigenvalue weighted by Gasteiger charge is -2.31. The van der Waals surface area contributed by atoms with Gasteiger partial charge in [0.15, 0.2) is 0 Å². The molecule has 0 radical (unpaired) electrons. The fourth-order valence-electron chi connectivity index (χ4n) is 2.06. The third-order valence-electron chi connectivity index (χ3n) is 3.07. The first kappa shape index (κ1) is 14.2. The predicted molar refractivity (Wildman–Crippen MR) is 82.6 cm³/mol. The van der Waals surface area contributed by atoms with Crippen LogP contribution >= 0.6 is 11.8 Å². The normalized spacial score (nSPS) is 15.1. The highest BCUT2D eigenvalue weighted by Crippen LogP contribution is 2.23. The van der Waals surface area contributed by atoms with Crippen LogP contribution < -0.4 is 0 Å². The molecule has 0 atom stereocenters. The highest BCUT2D eigenvalue weighted by Gasteiger charge is 2.14. The van der Waals surface area contributed by atoms with Crippen molar-refractivity contribution < 1.29 is 0 Å². The van der Waals surface area contributed by atoms with Gasteiger partial charge < -0.3 is 4.90 Å². The quantitative estimate of drug-likeness (QED) is 0.631. The van der Waals surface area contributed by atoms with Gasteiger partial charge in [-0.25, -0.2) is 0 Å². The van der Waals surface area contributed by atoms with Crippen LogP contribution in [0.2, 0.25) is 0 Å². The van der Waals surface area contributed by atoms with E-state index in [2.05, 4.69) is 17.0 Å². The zero-order chi connectivity index (χ0) is 14.2. The number of nitrogens with zero attached hydrogens (tertiary/aromatic N) is 3. The molecule has 2 rings (SSSR count). The van der Waals surface area contributed by atoms with Crippen molar-refractivity contribution >= 4 is 17.5 Å². The molecule has 1 saturated heterocycles. The highest BCUT2D eigenvalue weighted by atomic mass is 32.2. The zero-order valence-electron chi connectivity index (χ0n) is 11.1. The van der Waals surface area contributed by atoms with Gasteiger partial charge in [0.2, 0.25) is 0 Å². The molecule has 1 fully saturated rings. The molecule has 3 nitrogen and oxygen atoms in total. The minimum atomic E-state index is 0.129. The van der Waals surface area contributed by atoms with Crippen LogP contribution in [0, 0.1) is 22.7 Å². The Morgan fingerprint density at radius 3 is 2.30 bits per heavy atom. The number of thioether (sulfide) groups is 1. The maximum absolute atomic E-state index is 8.83. The summed E-state index contributed by atoms with van der Waals surface area (Å²) < 4.78 is 0. The molecule has 0 aromatic heterocycles. The molecule has 1 heterocycles. The van der Waals surface area contributed by atoms with Crippen molar-refractivity contribution in [1.82, 2.24) is 4.90 Å². The standard InChI is InChI=1S/C16H15N3S/c17-12-14(13-18)6-7-16(15-4-2-1-3-5-15)19-8-10-20-11-9-19/h1-7H,8-11H2. The van der Waals surface area contributed by atoms with Crippen LogP contribution in [0.4, 0.5) is 0 Å². The van der Waals surface area contributed by atoms with Gasteiger partial charge >= 0.3 is 0 Å². The Morgan fingerprint density at radius 2 is 1.70 bits per heavy atom. The number of benzene rings is 1. The molecular formula is C16H15N3S. The van der Waals surface area contributed by atoms with Crippen molar-refractivity contribution in [3.05, 3.63) is 53.6 Å². The number of hydrogen-bond donors (Lipinski definition) is 0. The first-order chi connectivity index (χ1) is 9.85. The average Bonchev–Trinajstić information content (AvgIpc) is 2.53. The molecule has 0 unspecified atom stereocenters. The topological polar surface area (TPSA) is 50.8 Å². The third kappa shape index (κ3) is 3.66. The van der Waals surface area contributed by atoms with Gasteiger partial charge in [0.1, 0.15) is 17.7 Å². The molecule has 1 aliphatic rings. The molecule has 4 heteroatoms. The minimum Gasteiger partial charge on any atom is -0.369 e. The Labute approximate surface area is 123 Å². The summed E-state index contributed by atoms with van der Waals surface area (Å²) >= 11 is 1.96. The van der Waals surface area contributed by atoms with E-state index < -0.39 is 0 Å². The number of rotatable bonds is 3. The molecule has 0 aliphatic carbocycles. The van der Waals surface area contributed by atoms with Crippen LogP contribution in [0.3, 0.4) is 0 Å². The Balaban J connectivity index is 2.34. The molecule has 1 aliphatic heterocycles. The van der Waals surface area contributed by atoms with Gasteiger partial charge in [-0.15, -0.1) is 0 Å². The fourth-order valence-corrected chi connectivity index (χ4v) is 2.96. The van der Waals surface area contributed by atoms with E-state index in [0.717, 1.165) is 35.9 Å². The lowest BCUT2D eigenvalue weighted by Crippen LogP contribution is -2.31. The number of nitriles is 2. The molecule has 0 saturated carbocycles. The second-order valence-electron chi connectivity index (χ2n) is 4.32. The van der Waals surface area contributed by atoms with E-state index in [4.69, 9.17) is 10.5 Å². The maximum Gasteiger partial charge on any atom is 0.129 e. The van der Waals surface area contributed by atoms with Gasteiger partial charge in [-0.2, -0.15) is 22.3 Å². The minimum absolute atomic E-state index is 0.129. The molecule has 0 amide bonds. The molecule has 1 aromatic carbocycles. The number of hydrogen-bond acceptors (Lipinski definition) is 4. The van der Waals surface area contributed by atoms with Crippen molar-refractivity contribution in [3.63, 3.8) is 0 Å². The third-order valence-corrected chi connectivity index (χ3v) is 4.01. The summed E-state index contributed by atoms with van der Waals surface area (Å²) in [5.41, 5.74) is 2.32. The average molecular weight is 281 g/mol. The zero-order valence-corrected chi connectivity index (χ0v) is 11.9. The van der Waals surface area contributed by atoms with Crippen molar-refractivity contribution in [3.8, 4) is 12.1 Å². The molecule has 0 bridgehead atoms.